The molecule has 3 rings (SSSR count). The fourth-order valence-corrected chi connectivity index (χ4v) is 2.92. The Morgan fingerprint density at radius 2 is 1.91 bits per heavy atom. The lowest BCUT2D eigenvalue weighted by atomic mass is 10.00. The average molecular weight is 329 g/mol. The minimum atomic E-state index is -0.263. The zero-order valence-corrected chi connectivity index (χ0v) is 13.1. The van der Waals surface area contributed by atoms with Gasteiger partial charge in [0.05, 0.1) is 10.9 Å². The van der Waals surface area contributed by atoms with E-state index in [2.05, 4.69) is 10.3 Å². The highest BCUT2D eigenvalue weighted by Gasteiger charge is 2.18. The monoisotopic (exact) mass is 328 g/mol. The number of rotatable bonds is 4. The summed E-state index contributed by atoms with van der Waals surface area (Å²) >= 11 is 7.37. The summed E-state index contributed by atoms with van der Waals surface area (Å²) in [5.41, 5.74) is 1.89. The predicted octanol–water partition coefficient (Wildman–Crippen LogP) is 4.32. The van der Waals surface area contributed by atoms with Gasteiger partial charge in [-0.3, -0.25) is 9.78 Å². The molecule has 110 valence electrons. The number of carbonyl (C=O) groups excluding carboxylic acids is 1. The number of hydrogen-bond acceptors (Lipinski definition) is 3. The van der Waals surface area contributed by atoms with Gasteiger partial charge in [0.1, 0.15) is 0 Å². The summed E-state index contributed by atoms with van der Waals surface area (Å²) in [6.45, 7) is 0. The zero-order valence-electron chi connectivity index (χ0n) is 11.6. The highest BCUT2D eigenvalue weighted by molar-refractivity contribution is 7.12. The van der Waals surface area contributed by atoms with Crippen LogP contribution in [-0.4, -0.2) is 10.9 Å². The van der Waals surface area contributed by atoms with Crippen molar-refractivity contribution in [1.82, 2.24) is 10.3 Å². The lowest BCUT2D eigenvalue weighted by molar-refractivity contribution is 0.0947. The smallest absolute Gasteiger partial charge is 0.262 e. The number of halogens is 1. The summed E-state index contributed by atoms with van der Waals surface area (Å²) in [6.07, 6.45) is 3.47. The molecule has 0 bridgehead atoms. The first kappa shape index (κ1) is 14.8. The second kappa shape index (κ2) is 6.73. The molecule has 1 aromatic carbocycles. The number of carbonyl (C=O) groups is 1. The third kappa shape index (κ3) is 3.35. The molecule has 0 fully saturated rings. The van der Waals surface area contributed by atoms with Crippen LogP contribution in [0.1, 0.15) is 26.8 Å². The maximum Gasteiger partial charge on any atom is 0.262 e. The molecule has 22 heavy (non-hydrogen) atoms. The van der Waals surface area contributed by atoms with Gasteiger partial charge in [-0.1, -0.05) is 35.9 Å². The Kier molecular flexibility index (Phi) is 4.51. The number of amides is 1. The quantitative estimate of drug-likeness (QED) is 0.775. The third-order valence-electron chi connectivity index (χ3n) is 3.24. The van der Waals surface area contributed by atoms with Crippen LogP contribution in [0.25, 0.3) is 0 Å². The summed E-state index contributed by atoms with van der Waals surface area (Å²) in [5, 5.41) is 5.61. The Balaban J connectivity index is 1.93. The van der Waals surface area contributed by atoms with Gasteiger partial charge in [-0.25, -0.2) is 0 Å². The molecule has 0 saturated heterocycles. The van der Waals surface area contributed by atoms with Crippen molar-refractivity contribution >= 4 is 28.8 Å². The zero-order chi connectivity index (χ0) is 15.4. The second-order valence-corrected chi connectivity index (χ2v) is 6.11. The average Bonchev–Trinajstić information content (AvgIpc) is 3.09. The van der Waals surface area contributed by atoms with E-state index in [0.717, 1.165) is 11.1 Å². The van der Waals surface area contributed by atoms with Gasteiger partial charge < -0.3 is 5.32 Å². The first-order chi connectivity index (χ1) is 10.7. The number of hydrogen-bond donors (Lipinski definition) is 1. The third-order valence-corrected chi connectivity index (χ3v) is 4.36. The first-order valence-electron chi connectivity index (χ1n) is 6.74. The van der Waals surface area contributed by atoms with Gasteiger partial charge in [0, 0.05) is 17.4 Å². The molecule has 1 N–H and O–H groups in total. The van der Waals surface area contributed by atoms with E-state index in [1.54, 1.807) is 12.4 Å². The van der Waals surface area contributed by atoms with Gasteiger partial charge in [-0.15, -0.1) is 11.3 Å². The summed E-state index contributed by atoms with van der Waals surface area (Å²) in [5.74, 6) is -0.0983. The fourth-order valence-electron chi connectivity index (χ4n) is 2.17. The van der Waals surface area contributed by atoms with Gasteiger partial charge in [0.2, 0.25) is 0 Å². The molecule has 5 heteroatoms. The Labute approximate surface area is 137 Å². The molecule has 0 aliphatic carbocycles. The predicted molar refractivity (Wildman–Crippen MR) is 89.3 cm³/mol. The Hall–Kier alpha value is -2.17. The van der Waals surface area contributed by atoms with Gasteiger partial charge in [-0.2, -0.15) is 0 Å². The van der Waals surface area contributed by atoms with Crippen LogP contribution in [0.3, 0.4) is 0 Å². The van der Waals surface area contributed by atoms with Crippen molar-refractivity contribution < 1.29 is 4.79 Å². The minimum absolute atomic E-state index is 0.0983. The second-order valence-electron chi connectivity index (χ2n) is 4.72. The molecule has 0 saturated carbocycles. The number of benzene rings is 1. The summed E-state index contributed by atoms with van der Waals surface area (Å²) in [4.78, 5) is 17.2. The first-order valence-corrected chi connectivity index (χ1v) is 7.99. The van der Waals surface area contributed by atoms with E-state index >= 15 is 0 Å². The minimum Gasteiger partial charge on any atom is -0.340 e. The molecule has 0 radical (unpaired) electrons. The molecule has 0 spiro atoms. The van der Waals surface area contributed by atoms with E-state index in [-0.39, 0.29) is 11.9 Å². The number of thiophene rings is 1. The van der Waals surface area contributed by atoms with E-state index < -0.39 is 0 Å². The van der Waals surface area contributed by atoms with Crippen LogP contribution < -0.4 is 5.32 Å². The number of nitrogens with one attached hydrogen (secondary N) is 1. The van der Waals surface area contributed by atoms with Crippen LogP contribution in [0.4, 0.5) is 0 Å². The normalized spacial score (nSPS) is 11.9. The Morgan fingerprint density at radius 1 is 1.09 bits per heavy atom. The molecule has 0 aliphatic heterocycles. The van der Waals surface area contributed by atoms with Crippen LogP contribution >= 0.6 is 22.9 Å². The van der Waals surface area contributed by atoms with Gasteiger partial charge >= 0.3 is 0 Å². The molecule has 0 aliphatic rings. The number of aromatic nitrogens is 1. The van der Waals surface area contributed by atoms with Crippen LogP contribution in [0.5, 0.6) is 0 Å². The number of pyridine rings is 1. The van der Waals surface area contributed by atoms with Crippen molar-refractivity contribution in [3.05, 3.63) is 87.3 Å². The molecule has 3 aromatic rings. The Morgan fingerprint density at radius 3 is 2.55 bits per heavy atom. The standard InChI is InChI=1S/C17H13ClN2OS/c18-14-7-5-12(6-8-14)16(13-3-1-9-19-11-13)20-17(21)15-4-2-10-22-15/h1-11,16H,(H,20,21)/t16-/m0/s1. The largest absolute Gasteiger partial charge is 0.340 e. The highest BCUT2D eigenvalue weighted by Crippen LogP contribution is 2.24. The van der Waals surface area contributed by atoms with Crippen molar-refractivity contribution in [2.24, 2.45) is 0 Å². The lowest BCUT2D eigenvalue weighted by Gasteiger charge is -2.19. The summed E-state index contributed by atoms with van der Waals surface area (Å²) in [6, 6.07) is 14.7. The van der Waals surface area contributed by atoms with E-state index in [0.29, 0.717) is 9.90 Å². The fraction of sp³-hybridized carbons (Fsp3) is 0.0588. The molecule has 3 nitrogen and oxygen atoms in total. The molecule has 0 unspecified atom stereocenters. The topological polar surface area (TPSA) is 42.0 Å². The number of nitrogens with zero attached hydrogens (tertiary/aromatic N) is 1. The van der Waals surface area contributed by atoms with E-state index in [1.165, 1.54) is 11.3 Å². The van der Waals surface area contributed by atoms with Crippen LogP contribution in [-0.2, 0) is 0 Å². The maximum atomic E-state index is 12.4. The van der Waals surface area contributed by atoms with E-state index in [4.69, 9.17) is 11.6 Å². The lowest BCUT2D eigenvalue weighted by Crippen LogP contribution is -2.28. The van der Waals surface area contributed by atoms with Gasteiger partial charge in [0.25, 0.3) is 5.91 Å². The SMILES string of the molecule is O=C(N[C@@H](c1ccc(Cl)cc1)c1cccnc1)c1cccs1. The van der Waals surface area contributed by atoms with Crippen LogP contribution in [0, 0.1) is 0 Å². The van der Waals surface area contributed by atoms with Crippen LogP contribution in [0.2, 0.25) is 5.02 Å². The van der Waals surface area contributed by atoms with Crippen molar-refractivity contribution in [3.8, 4) is 0 Å². The van der Waals surface area contributed by atoms with Gasteiger partial charge in [0.15, 0.2) is 0 Å². The van der Waals surface area contributed by atoms with Crippen molar-refractivity contribution in [1.29, 1.82) is 0 Å². The molecular weight excluding hydrogens is 316 g/mol. The van der Waals surface area contributed by atoms with E-state index in [9.17, 15) is 4.79 Å². The molecule has 2 aromatic heterocycles. The molecule has 1 atom stereocenters. The summed E-state index contributed by atoms with van der Waals surface area (Å²) in [7, 11) is 0. The van der Waals surface area contributed by atoms with Crippen molar-refractivity contribution in [3.63, 3.8) is 0 Å². The van der Waals surface area contributed by atoms with Crippen molar-refractivity contribution in [2.45, 2.75) is 6.04 Å². The molecule has 2 heterocycles. The Bertz CT molecular complexity index is 742. The van der Waals surface area contributed by atoms with Crippen LogP contribution in [0.15, 0.2) is 66.3 Å². The van der Waals surface area contributed by atoms with E-state index in [1.807, 2.05) is 53.9 Å². The van der Waals surface area contributed by atoms with Crippen molar-refractivity contribution in [2.75, 3.05) is 0 Å². The molecular formula is C17H13ClN2OS. The maximum absolute atomic E-state index is 12.4. The molecule has 1 amide bonds. The summed E-state index contributed by atoms with van der Waals surface area (Å²) < 4.78 is 0. The highest BCUT2D eigenvalue weighted by atomic mass is 35.5. The van der Waals surface area contributed by atoms with Gasteiger partial charge in [-0.05, 0) is 40.8 Å².